The van der Waals surface area contributed by atoms with Gasteiger partial charge in [0, 0.05) is 0 Å². The topological polar surface area (TPSA) is 25.8 Å². The molecule has 2 nitrogen and oxygen atoms in total. The van der Waals surface area contributed by atoms with Gasteiger partial charge in [-0.3, -0.25) is 0 Å². The molecule has 1 rings (SSSR count). The normalized spacial score (nSPS) is 6.67. The first kappa shape index (κ1) is 6.30. The van der Waals surface area contributed by atoms with Crippen LogP contribution in [0.2, 0.25) is 0 Å². The van der Waals surface area contributed by atoms with Gasteiger partial charge in [0.15, 0.2) is 0 Å². The van der Waals surface area contributed by atoms with E-state index in [1.54, 1.807) is 5.38 Å². The predicted octanol–water partition coefficient (Wildman–Crippen LogP) is 0.336. The molecule has 1 heterocycles. The van der Waals surface area contributed by atoms with E-state index in [1.165, 1.54) is 11.5 Å². The summed E-state index contributed by atoms with van der Waals surface area (Å²) in [4.78, 5) is 0. The van der Waals surface area contributed by atoms with E-state index in [2.05, 4.69) is 15.8 Å². The van der Waals surface area contributed by atoms with Crippen molar-refractivity contribution in [2.75, 3.05) is 0 Å². The number of hydrogen-bond acceptors (Lipinski definition) is 3. The minimum atomic E-state index is 0. The molecule has 0 N–H and O–H groups in total. The van der Waals surface area contributed by atoms with Crippen molar-refractivity contribution in [1.29, 1.82) is 0 Å². The molecular weight excluding hydrogens is 281 g/mol. The van der Waals surface area contributed by atoms with Crippen LogP contribution in [0.1, 0.15) is 0 Å². The zero-order chi connectivity index (χ0) is 3.54. The first-order valence-corrected chi connectivity index (χ1v) is 1.97. The Kier molecular flexibility index (Phi) is 3.66. The summed E-state index contributed by atoms with van der Waals surface area (Å²) >= 11 is 1.30. The first-order chi connectivity index (χ1) is 2.50. The molecule has 0 spiro atoms. The second-order valence-electron chi connectivity index (χ2n) is 0.534. The van der Waals surface area contributed by atoms with Crippen molar-refractivity contribution < 1.29 is 22.4 Å². The molecule has 0 fully saturated rings. The molecule has 1 aromatic rings. The molecule has 0 aromatic carbocycles. The summed E-state index contributed by atoms with van der Waals surface area (Å²) < 4.78 is 3.46. The minimum Gasteiger partial charge on any atom is -0.359 e. The zero-order valence-corrected chi connectivity index (χ0v) is 5.66. The molecule has 36 valence electrons. The molecule has 0 aliphatic rings. The van der Waals surface area contributed by atoms with E-state index in [0.717, 1.165) is 0 Å². The molecule has 0 amide bonds. The van der Waals surface area contributed by atoms with Crippen LogP contribution in [0.25, 0.3) is 0 Å². The van der Waals surface area contributed by atoms with Gasteiger partial charge in [-0.05, 0) is 0 Å². The summed E-state index contributed by atoms with van der Waals surface area (Å²) in [6.45, 7) is 0. The van der Waals surface area contributed by atoms with Crippen molar-refractivity contribution in [3.63, 3.8) is 0 Å². The minimum absolute atomic E-state index is 0. The molecule has 0 aliphatic carbocycles. The van der Waals surface area contributed by atoms with E-state index in [4.69, 9.17) is 0 Å². The van der Waals surface area contributed by atoms with Gasteiger partial charge in [0.05, 0.1) is 0 Å². The molecular formula is C2HAuN2S. The van der Waals surface area contributed by atoms with Crippen LogP contribution in [0, 0.1) is 6.20 Å². The molecule has 0 unspecified atom stereocenters. The summed E-state index contributed by atoms with van der Waals surface area (Å²) in [5, 5.41) is 5.06. The van der Waals surface area contributed by atoms with Gasteiger partial charge in [-0.2, -0.15) is 5.38 Å². The molecule has 0 bridgehead atoms. The zero-order valence-electron chi connectivity index (χ0n) is 2.68. The Balaban J connectivity index is 0.000000250. The SMILES string of the molecule is [Au+].[c-]1csnn1. The summed E-state index contributed by atoms with van der Waals surface area (Å²) in [5.41, 5.74) is 0. The van der Waals surface area contributed by atoms with E-state index in [1.807, 2.05) is 0 Å². The van der Waals surface area contributed by atoms with Crippen molar-refractivity contribution in [3.05, 3.63) is 11.6 Å². The quantitative estimate of drug-likeness (QED) is 0.506. The molecule has 6 heavy (non-hydrogen) atoms. The Morgan fingerprint density at radius 2 is 2.50 bits per heavy atom. The standard InChI is InChI=1S/C2HN2S.Au/c1-2-5-4-3-1;/h2H;/q-1;+1. The molecule has 4 heteroatoms. The number of hydrogen-bond donors (Lipinski definition) is 0. The average Bonchev–Trinajstić information content (AvgIpc) is 1.76. The fraction of sp³-hybridized carbons (Fsp3) is 0. The van der Waals surface area contributed by atoms with Crippen LogP contribution in [0.15, 0.2) is 5.38 Å². The van der Waals surface area contributed by atoms with E-state index >= 15 is 0 Å². The van der Waals surface area contributed by atoms with Crippen LogP contribution in [0.5, 0.6) is 0 Å². The monoisotopic (exact) mass is 282 g/mol. The van der Waals surface area contributed by atoms with E-state index in [0.29, 0.717) is 0 Å². The Hall–Kier alpha value is 0.300. The molecule has 1 aromatic heterocycles. The summed E-state index contributed by atoms with van der Waals surface area (Å²) in [6.07, 6.45) is 2.52. The number of rotatable bonds is 0. The average molecular weight is 282 g/mol. The molecule has 0 atom stereocenters. The van der Waals surface area contributed by atoms with Gasteiger partial charge >= 0.3 is 22.4 Å². The van der Waals surface area contributed by atoms with Crippen molar-refractivity contribution in [3.8, 4) is 0 Å². The maximum absolute atomic E-state index is 3.46. The summed E-state index contributed by atoms with van der Waals surface area (Å²) in [5.74, 6) is 0. The van der Waals surface area contributed by atoms with Gasteiger partial charge in [-0.1, -0.05) is 11.5 Å². The third-order valence-electron chi connectivity index (χ3n) is 0.251. The van der Waals surface area contributed by atoms with E-state index in [-0.39, 0.29) is 22.4 Å². The third-order valence-corrected chi connectivity index (χ3v) is 0.638. The maximum Gasteiger partial charge on any atom is 1.00 e. The van der Waals surface area contributed by atoms with Crippen LogP contribution in [-0.4, -0.2) is 9.59 Å². The van der Waals surface area contributed by atoms with Gasteiger partial charge in [-0.25, -0.2) is 0 Å². The van der Waals surface area contributed by atoms with Crippen LogP contribution in [0.4, 0.5) is 0 Å². The van der Waals surface area contributed by atoms with Gasteiger partial charge in [0.25, 0.3) is 0 Å². The van der Waals surface area contributed by atoms with Crippen LogP contribution < -0.4 is 0 Å². The molecule has 0 aliphatic heterocycles. The predicted molar refractivity (Wildman–Crippen MR) is 18.7 cm³/mol. The van der Waals surface area contributed by atoms with Crippen LogP contribution in [0.3, 0.4) is 0 Å². The second kappa shape index (κ2) is 3.49. The Morgan fingerprint density at radius 3 is 2.67 bits per heavy atom. The maximum atomic E-state index is 3.46. The van der Waals surface area contributed by atoms with E-state index < -0.39 is 0 Å². The first-order valence-electron chi connectivity index (χ1n) is 1.13. The largest absolute Gasteiger partial charge is 1.00 e. The fourth-order valence-electron chi connectivity index (χ4n) is 0.118. The Morgan fingerprint density at radius 1 is 1.67 bits per heavy atom. The van der Waals surface area contributed by atoms with Crippen LogP contribution >= 0.6 is 11.5 Å². The second-order valence-corrected chi connectivity index (χ2v) is 1.14. The Labute approximate surface area is 55.3 Å². The number of aromatic nitrogens is 2. The van der Waals surface area contributed by atoms with Crippen molar-refractivity contribution in [1.82, 2.24) is 9.59 Å². The molecule has 0 saturated carbocycles. The molecule has 0 saturated heterocycles. The van der Waals surface area contributed by atoms with Crippen LogP contribution in [-0.2, 0) is 22.4 Å². The number of nitrogens with zero attached hydrogens (tertiary/aromatic N) is 2. The van der Waals surface area contributed by atoms with Crippen molar-refractivity contribution in [2.45, 2.75) is 0 Å². The van der Waals surface area contributed by atoms with Gasteiger partial charge in [-0.15, -0.1) is 4.49 Å². The fourth-order valence-corrected chi connectivity index (χ4v) is 0.354. The molecule has 0 radical (unpaired) electrons. The Bertz CT molecular complexity index is 68.0. The smallest absolute Gasteiger partial charge is 0.359 e. The van der Waals surface area contributed by atoms with Gasteiger partial charge in [0.1, 0.15) is 0 Å². The summed E-state index contributed by atoms with van der Waals surface area (Å²) in [7, 11) is 0. The van der Waals surface area contributed by atoms with Gasteiger partial charge < -0.3 is 11.3 Å². The van der Waals surface area contributed by atoms with Crippen molar-refractivity contribution >= 4 is 11.5 Å². The van der Waals surface area contributed by atoms with Gasteiger partial charge in [0.2, 0.25) is 0 Å². The van der Waals surface area contributed by atoms with E-state index in [9.17, 15) is 0 Å². The van der Waals surface area contributed by atoms with Crippen molar-refractivity contribution in [2.24, 2.45) is 0 Å². The third kappa shape index (κ3) is 1.67. The summed E-state index contributed by atoms with van der Waals surface area (Å²) in [6, 6.07) is 0.